The molecule has 222 valence electrons. The van der Waals surface area contributed by atoms with Crippen molar-refractivity contribution < 1.29 is 35.5 Å². The molecule has 5 aromatic rings. The largest absolute Gasteiger partial charge is 0.417 e. The highest BCUT2D eigenvalue weighted by molar-refractivity contribution is 5.74. The molecule has 7 rings (SSSR count). The van der Waals surface area contributed by atoms with Crippen molar-refractivity contribution in [2.24, 2.45) is 7.05 Å². The third-order valence-corrected chi connectivity index (χ3v) is 9.16. The molecule has 44 heavy (non-hydrogen) atoms. The zero-order valence-electron chi connectivity index (χ0n) is 23.9. The van der Waals surface area contributed by atoms with E-state index >= 15 is 0 Å². The molecule has 0 amide bonds. The van der Waals surface area contributed by atoms with Crippen molar-refractivity contribution in [1.82, 2.24) is 0 Å². The van der Waals surface area contributed by atoms with Crippen LogP contribution in [0.4, 0.5) is 26.3 Å². The summed E-state index contributed by atoms with van der Waals surface area (Å²) >= 11 is 0. The van der Waals surface area contributed by atoms with Gasteiger partial charge in [0.05, 0.1) is 16.7 Å². The number of hydrogen-bond acceptors (Lipinski definition) is 0. The zero-order valence-corrected chi connectivity index (χ0v) is 23.9. The number of benzene rings is 3. The van der Waals surface area contributed by atoms with E-state index in [0.29, 0.717) is 18.6 Å². The highest BCUT2D eigenvalue weighted by atomic mass is 19.4. The number of pyridine rings is 2. The Balaban J connectivity index is 1.41. The first-order valence-electron chi connectivity index (χ1n) is 14.4. The molecule has 0 saturated heterocycles. The van der Waals surface area contributed by atoms with E-state index in [0.717, 1.165) is 33.5 Å². The predicted molar refractivity (Wildman–Crippen MR) is 154 cm³/mol. The maximum absolute atomic E-state index is 14.4. The Morgan fingerprint density at radius 3 is 2.09 bits per heavy atom. The molecule has 0 N–H and O–H groups in total. The molecule has 1 fully saturated rings. The van der Waals surface area contributed by atoms with Gasteiger partial charge in [-0.2, -0.15) is 30.9 Å². The summed E-state index contributed by atoms with van der Waals surface area (Å²) in [5, 5.41) is 0. The SMILES string of the molecule is Cc1ccc2[n+](c1)C1C(c3ccccc3-c3cc(-c4ccccc4)cc[n+]3C)CC1c1c(C(F)(F)F)ccc(C(F)(F)F)c1-2. The number of halogens is 6. The van der Waals surface area contributed by atoms with Gasteiger partial charge >= 0.3 is 12.4 Å². The number of nitrogens with zero attached hydrogens (tertiary/aromatic N) is 2. The van der Waals surface area contributed by atoms with Gasteiger partial charge in [0.15, 0.2) is 18.4 Å². The molecule has 0 radical (unpaired) electrons. The van der Waals surface area contributed by atoms with Gasteiger partial charge in [0.25, 0.3) is 0 Å². The summed E-state index contributed by atoms with van der Waals surface area (Å²) in [6.45, 7) is 1.84. The average molecular weight is 603 g/mol. The van der Waals surface area contributed by atoms with Crippen molar-refractivity contribution in [2.75, 3.05) is 0 Å². The van der Waals surface area contributed by atoms with Crippen LogP contribution in [0.1, 0.15) is 52.1 Å². The molecular weight excluding hydrogens is 574 g/mol. The van der Waals surface area contributed by atoms with Gasteiger partial charge in [-0.1, -0.05) is 48.5 Å². The van der Waals surface area contributed by atoms with E-state index in [2.05, 4.69) is 6.07 Å². The number of fused-ring (bicyclic) bond motifs is 6. The minimum Gasteiger partial charge on any atom is -0.201 e. The lowest BCUT2D eigenvalue weighted by Gasteiger charge is -2.46. The maximum atomic E-state index is 14.4. The first kappa shape index (κ1) is 28.3. The lowest BCUT2D eigenvalue weighted by Crippen LogP contribution is -2.56. The summed E-state index contributed by atoms with van der Waals surface area (Å²) in [4.78, 5) is 0. The Morgan fingerprint density at radius 2 is 1.36 bits per heavy atom. The second-order valence-corrected chi connectivity index (χ2v) is 11.7. The summed E-state index contributed by atoms with van der Waals surface area (Å²) in [6.07, 6.45) is -5.54. The van der Waals surface area contributed by atoms with E-state index in [9.17, 15) is 26.3 Å². The van der Waals surface area contributed by atoms with Crippen molar-refractivity contribution in [3.05, 3.63) is 131 Å². The van der Waals surface area contributed by atoms with Crippen molar-refractivity contribution in [1.29, 1.82) is 0 Å². The Morgan fingerprint density at radius 1 is 0.682 bits per heavy atom. The van der Waals surface area contributed by atoms with Gasteiger partial charge in [-0.15, -0.1) is 0 Å². The molecule has 2 aromatic heterocycles. The molecule has 3 heterocycles. The van der Waals surface area contributed by atoms with E-state index < -0.39 is 35.4 Å². The monoisotopic (exact) mass is 602 g/mol. The summed E-state index contributed by atoms with van der Waals surface area (Å²) in [6, 6.07) is 25.8. The van der Waals surface area contributed by atoms with Gasteiger partial charge in [0.1, 0.15) is 7.05 Å². The number of rotatable bonds is 3. The first-order valence-corrected chi connectivity index (χ1v) is 14.4. The lowest BCUT2D eigenvalue weighted by molar-refractivity contribution is -0.732. The van der Waals surface area contributed by atoms with E-state index in [-0.39, 0.29) is 22.7 Å². The summed E-state index contributed by atoms with van der Waals surface area (Å²) in [5.74, 6) is -0.948. The van der Waals surface area contributed by atoms with Gasteiger partial charge in [-0.25, -0.2) is 4.57 Å². The topological polar surface area (TPSA) is 7.76 Å². The van der Waals surface area contributed by atoms with E-state index in [1.807, 2.05) is 85.4 Å². The summed E-state index contributed by atoms with van der Waals surface area (Å²) in [5.41, 5.74) is 3.26. The number of aryl methyl sites for hydroxylation is 2. The van der Waals surface area contributed by atoms with Crippen LogP contribution in [0, 0.1) is 6.92 Å². The predicted octanol–water partition coefficient (Wildman–Crippen LogP) is 8.97. The Labute approximate surface area is 250 Å². The van der Waals surface area contributed by atoms with Crippen LogP contribution in [0.3, 0.4) is 0 Å². The van der Waals surface area contributed by atoms with Crippen molar-refractivity contribution in [3.8, 4) is 33.6 Å². The molecule has 2 nitrogen and oxygen atoms in total. The van der Waals surface area contributed by atoms with Crippen molar-refractivity contribution >= 4 is 0 Å². The normalized spacial score (nSPS) is 19.0. The highest BCUT2D eigenvalue weighted by Gasteiger charge is 2.58. The standard InChI is InChI=1S/C36H28F6N2/c1-21-12-15-30-33-29(36(40,41)42)14-13-28(35(37,38)39)32(33)27-19-26(34(27)44(30)20-21)24-10-6-7-11-25(24)31-18-23(16-17-43(31)2)22-8-4-3-5-9-22/h3-18,20,26-27,34H,19H2,1-2H3/q+2. The summed E-state index contributed by atoms with van der Waals surface area (Å²) in [7, 11) is 1.95. The molecule has 3 unspecified atom stereocenters. The van der Waals surface area contributed by atoms with E-state index in [1.54, 1.807) is 16.8 Å². The van der Waals surface area contributed by atoms with Gasteiger partial charge in [0, 0.05) is 41.2 Å². The highest BCUT2D eigenvalue weighted by Crippen LogP contribution is 2.61. The summed E-state index contributed by atoms with van der Waals surface area (Å²) < 4.78 is 89.9. The fourth-order valence-corrected chi connectivity index (χ4v) is 7.18. The molecule has 1 aliphatic carbocycles. The third-order valence-electron chi connectivity index (χ3n) is 9.16. The molecule has 3 aromatic carbocycles. The van der Waals surface area contributed by atoms with Gasteiger partial charge in [0.2, 0.25) is 11.4 Å². The number of aromatic nitrogens is 2. The van der Waals surface area contributed by atoms with Gasteiger partial charge in [-0.05, 0) is 59.9 Å². The quantitative estimate of drug-likeness (QED) is 0.144. The molecule has 1 aliphatic heterocycles. The van der Waals surface area contributed by atoms with Crippen LogP contribution in [0.2, 0.25) is 0 Å². The van der Waals surface area contributed by atoms with Crippen LogP contribution >= 0.6 is 0 Å². The van der Waals surface area contributed by atoms with Gasteiger partial charge in [-0.3, -0.25) is 0 Å². The molecule has 1 saturated carbocycles. The van der Waals surface area contributed by atoms with Crippen LogP contribution in [-0.4, -0.2) is 0 Å². The molecule has 0 bridgehead atoms. The first-order chi connectivity index (χ1) is 20.9. The fourth-order valence-electron chi connectivity index (χ4n) is 7.18. The number of hydrogen-bond donors (Lipinski definition) is 0. The third kappa shape index (κ3) is 4.50. The Hall–Kier alpha value is -4.46. The van der Waals surface area contributed by atoms with Gasteiger partial charge < -0.3 is 0 Å². The molecular formula is C36H28F6N2+2. The lowest BCUT2D eigenvalue weighted by atomic mass is 9.59. The second-order valence-electron chi connectivity index (χ2n) is 11.7. The van der Waals surface area contributed by atoms with Crippen LogP contribution in [0.25, 0.3) is 33.6 Å². The van der Waals surface area contributed by atoms with E-state index in [1.165, 1.54) is 6.07 Å². The molecule has 2 aliphatic rings. The van der Waals surface area contributed by atoms with Crippen LogP contribution in [-0.2, 0) is 19.4 Å². The smallest absolute Gasteiger partial charge is 0.201 e. The number of alkyl halides is 6. The molecule has 0 spiro atoms. The fraction of sp³-hybridized carbons (Fsp3) is 0.222. The minimum atomic E-state index is -4.81. The van der Waals surface area contributed by atoms with Crippen LogP contribution < -0.4 is 9.13 Å². The van der Waals surface area contributed by atoms with Crippen LogP contribution in [0.5, 0.6) is 0 Å². The van der Waals surface area contributed by atoms with Crippen molar-refractivity contribution in [2.45, 2.75) is 43.6 Å². The zero-order chi connectivity index (χ0) is 31.0. The Bertz CT molecular complexity index is 1910. The maximum Gasteiger partial charge on any atom is 0.417 e. The second kappa shape index (κ2) is 10.0. The molecule has 8 heteroatoms. The average Bonchev–Trinajstić information content (AvgIpc) is 2.96. The van der Waals surface area contributed by atoms with E-state index in [4.69, 9.17) is 0 Å². The van der Waals surface area contributed by atoms with Crippen molar-refractivity contribution in [3.63, 3.8) is 0 Å². The Kier molecular flexibility index (Phi) is 6.46. The molecule has 3 atom stereocenters. The minimum absolute atomic E-state index is 0.157. The van der Waals surface area contributed by atoms with Crippen LogP contribution in [0.15, 0.2) is 103 Å².